The van der Waals surface area contributed by atoms with Crippen LogP contribution in [0.4, 0.5) is 0 Å². The van der Waals surface area contributed by atoms with Gasteiger partial charge in [-0.2, -0.15) is 0 Å². The Kier molecular flexibility index (Phi) is 4.58. The van der Waals surface area contributed by atoms with Gasteiger partial charge in [0.2, 0.25) is 0 Å². The molecule has 0 unspecified atom stereocenters. The summed E-state index contributed by atoms with van der Waals surface area (Å²) in [6.45, 7) is 4.28. The minimum Gasteiger partial charge on any atom is -0.346 e. The predicted octanol–water partition coefficient (Wildman–Crippen LogP) is 4.53. The Morgan fingerprint density at radius 2 is 2.09 bits per heavy atom. The summed E-state index contributed by atoms with van der Waals surface area (Å²) >= 11 is 10.4. The largest absolute Gasteiger partial charge is 0.346 e. The molecule has 22 heavy (non-hydrogen) atoms. The zero-order valence-corrected chi connectivity index (χ0v) is 15.0. The summed E-state index contributed by atoms with van der Waals surface area (Å²) in [6.07, 6.45) is 1.79. The lowest BCUT2D eigenvalue weighted by atomic mass is 10.3. The Morgan fingerprint density at radius 1 is 1.27 bits per heavy atom. The first-order valence-electron chi connectivity index (χ1n) is 6.45. The average molecular weight is 370 g/mol. The van der Waals surface area contributed by atoms with Crippen LogP contribution in [-0.4, -0.2) is 15.9 Å². The first-order chi connectivity index (χ1) is 10.5. The molecule has 0 fully saturated rings. The summed E-state index contributed by atoms with van der Waals surface area (Å²) in [5.41, 5.74) is 0.738. The second-order valence-electron chi connectivity index (χ2n) is 4.57. The molecule has 0 atom stereocenters. The molecule has 0 spiro atoms. The number of carbonyl (C=O) groups is 1. The molecule has 1 amide bonds. The van der Waals surface area contributed by atoms with Gasteiger partial charge in [0.15, 0.2) is 0 Å². The topological polar surface area (TPSA) is 54.9 Å². The van der Waals surface area contributed by atoms with Gasteiger partial charge in [-0.3, -0.25) is 4.79 Å². The van der Waals surface area contributed by atoms with Crippen LogP contribution in [0.3, 0.4) is 0 Å². The van der Waals surface area contributed by atoms with E-state index in [9.17, 15) is 4.79 Å². The van der Waals surface area contributed by atoms with Crippen LogP contribution in [0.1, 0.15) is 25.3 Å². The standard InChI is InChI=1S/C14H12ClN3OS3/c1-7-12(13(19)17-6-9-5-16-8(2)20-9)22-14(18-7)10-3-4-11(15)21-10/h3-5H,6H2,1-2H3,(H,17,19). The third-order valence-electron chi connectivity index (χ3n) is 2.88. The van der Waals surface area contributed by atoms with Crippen molar-refractivity contribution in [1.82, 2.24) is 15.3 Å². The molecule has 0 bridgehead atoms. The third-order valence-corrected chi connectivity index (χ3v) is 6.35. The molecule has 0 aromatic carbocycles. The van der Waals surface area contributed by atoms with Crippen molar-refractivity contribution in [3.8, 4) is 9.88 Å². The number of amides is 1. The second kappa shape index (κ2) is 6.45. The molecule has 114 valence electrons. The summed E-state index contributed by atoms with van der Waals surface area (Å²) in [5, 5.41) is 4.74. The normalized spacial score (nSPS) is 10.9. The van der Waals surface area contributed by atoms with Crippen molar-refractivity contribution in [2.75, 3.05) is 0 Å². The maximum Gasteiger partial charge on any atom is 0.263 e. The predicted molar refractivity (Wildman–Crippen MR) is 93.2 cm³/mol. The molecule has 3 aromatic rings. The van der Waals surface area contributed by atoms with E-state index >= 15 is 0 Å². The minimum atomic E-state index is -0.102. The zero-order valence-electron chi connectivity index (χ0n) is 11.8. The highest BCUT2D eigenvalue weighted by Crippen LogP contribution is 2.34. The fourth-order valence-corrected chi connectivity index (χ4v) is 4.69. The van der Waals surface area contributed by atoms with Crippen molar-refractivity contribution >= 4 is 51.5 Å². The fourth-order valence-electron chi connectivity index (χ4n) is 1.88. The second-order valence-corrected chi connectivity index (χ2v) is 8.60. The average Bonchev–Trinajstić information content (AvgIpc) is 3.17. The SMILES string of the molecule is Cc1ncc(CNC(=O)c2sc(-c3ccc(Cl)s3)nc2C)s1. The van der Waals surface area contributed by atoms with E-state index in [1.807, 2.05) is 26.0 Å². The van der Waals surface area contributed by atoms with Crippen LogP contribution in [0, 0.1) is 13.8 Å². The van der Waals surface area contributed by atoms with Crippen LogP contribution >= 0.6 is 45.6 Å². The summed E-state index contributed by atoms with van der Waals surface area (Å²) in [5.74, 6) is -0.102. The van der Waals surface area contributed by atoms with Gasteiger partial charge in [-0.1, -0.05) is 11.6 Å². The van der Waals surface area contributed by atoms with Crippen LogP contribution in [0.25, 0.3) is 9.88 Å². The van der Waals surface area contributed by atoms with Gasteiger partial charge in [0.05, 0.1) is 26.5 Å². The van der Waals surface area contributed by atoms with Gasteiger partial charge >= 0.3 is 0 Å². The van der Waals surface area contributed by atoms with E-state index in [-0.39, 0.29) is 5.91 Å². The number of thiophene rings is 1. The van der Waals surface area contributed by atoms with Gasteiger partial charge in [0.25, 0.3) is 5.91 Å². The number of hydrogen-bond donors (Lipinski definition) is 1. The molecule has 0 aliphatic rings. The molecule has 0 saturated carbocycles. The molecule has 4 nitrogen and oxygen atoms in total. The Bertz CT molecular complexity index is 821. The minimum absolute atomic E-state index is 0.102. The van der Waals surface area contributed by atoms with Crippen molar-refractivity contribution in [1.29, 1.82) is 0 Å². The highest BCUT2D eigenvalue weighted by Gasteiger charge is 2.17. The molecule has 1 N–H and O–H groups in total. The highest BCUT2D eigenvalue weighted by molar-refractivity contribution is 7.24. The van der Waals surface area contributed by atoms with Crippen LogP contribution < -0.4 is 5.32 Å². The Balaban J connectivity index is 1.74. The van der Waals surface area contributed by atoms with Gasteiger partial charge in [-0.25, -0.2) is 9.97 Å². The lowest BCUT2D eigenvalue weighted by molar-refractivity contribution is 0.0954. The van der Waals surface area contributed by atoms with E-state index in [4.69, 9.17) is 11.6 Å². The van der Waals surface area contributed by atoms with Crippen LogP contribution in [0.15, 0.2) is 18.3 Å². The summed E-state index contributed by atoms with van der Waals surface area (Å²) in [4.78, 5) is 23.6. The molecule has 8 heteroatoms. The fraction of sp³-hybridized carbons (Fsp3) is 0.214. The van der Waals surface area contributed by atoms with Crippen LogP contribution in [-0.2, 0) is 6.54 Å². The van der Waals surface area contributed by atoms with Crippen LogP contribution in [0.5, 0.6) is 0 Å². The number of nitrogens with one attached hydrogen (secondary N) is 1. The quantitative estimate of drug-likeness (QED) is 0.735. The summed E-state index contributed by atoms with van der Waals surface area (Å²) in [6, 6.07) is 3.76. The highest BCUT2D eigenvalue weighted by atomic mass is 35.5. The van der Waals surface area contributed by atoms with E-state index < -0.39 is 0 Å². The molecule has 3 aromatic heterocycles. The molecule has 0 radical (unpaired) electrons. The number of hydrogen-bond acceptors (Lipinski definition) is 6. The van der Waals surface area contributed by atoms with Gasteiger partial charge in [-0.15, -0.1) is 34.0 Å². The molecule has 0 aliphatic carbocycles. The first-order valence-corrected chi connectivity index (χ1v) is 9.28. The molecule has 3 rings (SSSR count). The number of carbonyl (C=O) groups excluding carboxylic acids is 1. The first kappa shape index (κ1) is 15.6. The monoisotopic (exact) mass is 369 g/mol. The van der Waals surface area contributed by atoms with Crippen molar-refractivity contribution in [3.05, 3.63) is 43.1 Å². The molecular formula is C14H12ClN3OS3. The molecule has 0 saturated heterocycles. The number of nitrogens with zero attached hydrogens (tertiary/aromatic N) is 2. The maximum atomic E-state index is 12.3. The van der Waals surface area contributed by atoms with E-state index in [1.165, 1.54) is 22.7 Å². The van der Waals surface area contributed by atoms with E-state index in [2.05, 4.69) is 15.3 Å². The lowest BCUT2D eigenvalue weighted by Gasteiger charge is -2.01. The lowest BCUT2D eigenvalue weighted by Crippen LogP contribution is -2.22. The number of halogens is 1. The Labute approximate surface area is 144 Å². The number of rotatable bonds is 4. The molecule has 3 heterocycles. The van der Waals surface area contributed by atoms with Gasteiger partial charge in [-0.05, 0) is 26.0 Å². The molecular weight excluding hydrogens is 358 g/mol. The maximum absolute atomic E-state index is 12.3. The van der Waals surface area contributed by atoms with Crippen molar-refractivity contribution < 1.29 is 4.79 Å². The summed E-state index contributed by atoms with van der Waals surface area (Å²) in [7, 11) is 0. The van der Waals surface area contributed by atoms with Gasteiger partial charge < -0.3 is 5.32 Å². The van der Waals surface area contributed by atoms with Gasteiger partial charge in [0, 0.05) is 11.1 Å². The Hall–Kier alpha value is -1.28. The smallest absolute Gasteiger partial charge is 0.263 e. The van der Waals surface area contributed by atoms with E-state index in [1.54, 1.807) is 17.5 Å². The van der Waals surface area contributed by atoms with Crippen molar-refractivity contribution in [3.63, 3.8) is 0 Å². The van der Waals surface area contributed by atoms with E-state index in [0.717, 1.165) is 29.8 Å². The van der Waals surface area contributed by atoms with Crippen molar-refractivity contribution in [2.24, 2.45) is 0 Å². The van der Waals surface area contributed by atoms with Gasteiger partial charge in [0.1, 0.15) is 9.88 Å². The number of thiazole rings is 2. The summed E-state index contributed by atoms with van der Waals surface area (Å²) < 4.78 is 0.717. The van der Waals surface area contributed by atoms with E-state index in [0.29, 0.717) is 11.4 Å². The zero-order chi connectivity index (χ0) is 15.7. The molecule has 0 aliphatic heterocycles. The third kappa shape index (κ3) is 3.38. The number of aryl methyl sites for hydroxylation is 2. The Morgan fingerprint density at radius 3 is 2.73 bits per heavy atom. The number of aromatic nitrogens is 2. The van der Waals surface area contributed by atoms with Crippen molar-refractivity contribution in [2.45, 2.75) is 20.4 Å². The van der Waals surface area contributed by atoms with Crippen LogP contribution in [0.2, 0.25) is 4.34 Å².